The first-order valence-corrected chi connectivity index (χ1v) is 11.1. The summed E-state index contributed by atoms with van der Waals surface area (Å²) in [5.74, 6) is 1.13. The van der Waals surface area contributed by atoms with E-state index in [1.807, 2.05) is 11.0 Å². The number of nitrogens with zero attached hydrogens (tertiary/aromatic N) is 4. The summed E-state index contributed by atoms with van der Waals surface area (Å²) < 4.78 is 5.57. The number of hydrogen-bond acceptors (Lipinski definition) is 5. The van der Waals surface area contributed by atoms with Gasteiger partial charge in [0.25, 0.3) is 0 Å². The molecule has 2 aliphatic rings. The van der Waals surface area contributed by atoms with Crippen LogP contribution in [0.3, 0.4) is 0 Å². The van der Waals surface area contributed by atoms with Crippen molar-refractivity contribution in [2.45, 2.75) is 45.4 Å². The zero-order chi connectivity index (χ0) is 21.4. The normalized spacial score (nSPS) is 19.3. The SMILES string of the molecule is Cc1ccc(N2C[C@H](c3nc(-c4ccc(N5CCCCC5)cc4)no3)CC2=O)cc1C. The third kappa shape index (κ3) is 3.94. The highest BCUT2D eigenvalue weighted by Crippen LogP contribution is 2.33. The fourth-order valence-electron chi connectivity index (χ4n) is 4.51. The van der Waals surface area contributed by atoms with E-state index in [9.17, 15) is 4.79 Å². The van der Waals surface area contributed by atoms with E-state index in [2.05, 4.69) is 65.3 Å². The lowest BCUT2D eigenvalue weighted by Crippen LogP contribution is -2.29. The molecular weight excluding hydrogens is 388 g/mol. The summed E-state index contributed by atoms with van der Waals surface area (Å²) in [5, 5.41) is 4.19. The number of anilines is 2. The van der Waals surface area contributed by atoms with Crippen molar-refractivity contribution < 1.29 is 9.32 Å². The van der Waals surface area contributed by atoms with Crippen molar-refractivity contribution in [1.29, 1.82) is 0 Å². The topological polar surface area (TPSA) is 62.5 Å². The minimum atomic E-state index is -0.0806. The van der Waals surface area contributed by atoms with E-state index >= 15 is 0 Å². The van der Waals surface area contributed by atoms with Crippen LogP contribution in [0.25, 0.3) is 11.4 Å². The molecule has 1 atom stereocenters. The first-order chi connectivity index (χ1) is 15.1. The molecule has 3 heterocycles. The molecule has 0 unspecified atom stereocenters. The zero-order valence-electron chi connectivity index (χ0n) is 18.2. The Morgan fingerprint density at radius 2 is 1.68 bits per heavy atom. The van der Waals surface area contributed by atoms with Crippen molar-refractivity contribution in [1.82, 2.24) is 10.1 Å². The van der Waals surface area contributed by atoms with Gasteiger partial charge in [-0.05, 0) is 80.6 Å². The van der Waals surface area contributed by atoms with Crippen LogP contribution in [0.15, 0.2) is 47.0 Å². The molecule has 31 heavy (non-hydrogen) atoms. The van der Waals surface area contributed by atoms with Crippen LogP contribution in [0.1, 0.15) is 48.6 Å². The second-order valence-electron chi connectivity index (χ2n) is 8.72. The molecule has 3 aromatic rings. The molecular formula is C25H28N4O2. The third-order valence-electron chi connectivity index (χ3n) is 6.56. The number of aromatic nitrogens is 2. The van der Waals surface area contributed by atoms with E-state index in [1.165, 1.54) is 36.1 Å². The number of hydrogen-bond donors (Lipinski definition) is 0. The van der Waals surface area contributed by atoms with E-state index < -0.39 is 0 Å². The van der Waals surface area contributed by atoms with Crippen molar-refractivity contribution in [3.05, 3.63) is 59.5 Å². The quantitative estimate of drug-likeness (QED) is 0.608. The van der Waals surface area contributed by atoms with Crippen LogP contribution in [0.5, 0.6) is 0 Å². The van der Waals surface area contributed by atoms with Gasteiger partial charge in [0.05, 0.1) is 5.92 Å². The smallest absolute Gasteiger partial charge is 0.232 e. The standard InChI is InChI=1S/C25H28N4O2/c1-17-6-9-22(14-18(17)2)29-16-20(15-23(29)30)25-26-24(27-31-25)19-7-10-21(11-8-19)28-12-4-3-5-13-28/h6-11,14,20H,3-5,12-13,15-16H2,1-2H3/t20-/m1/s1. The molecule has 160 valence electrons. The number of rotatable bonds is 4. The largest absolute Gasteiger partial charge is 0.372 e. The lowest BCUT2D eigenvalue weighted by molar-refractivity contribution is -0.117. The zero-order valence-corrected chi connectivity index (χ0v) is 18.2. The van der Waals surface area contributed by atoms with Crippen LogP contribution in [0, 0.1) is 13.8 Å². The maximum Gasteiger partial charge on any atom is 0.232 e. The number of aryl methyl sites for hydroxylation is 2. The molecule has 6 nitrogen and oxygen atoms in total. The van der Waals surface area contributed by atoms with Crippen molar-refractivity contribution in [2.24, 2.45) is 0 Å². The predicted molar refractivity (Wildman–Crippen MR) is 121 cm³/mol. The Morgan fingerprint density at radius 3 is 2.42 bits per heavy atom. The summed E-state index contributed by atoms with van der Waals surface area (Å²) in [6.45, 7) is 6.96. The van der Waals surface area contributed by atoms with E-state index in [0.29, 0.717) is 24.7 Å². The lowest BCUT2D eigenvalue weighted by atomic mass is 10.1. The van der Waals surface area contributed by atoms with Crippen LogP contribution < -0.4 is 9.80 Å². The first-order valence-electron chi connectivity index (χ1n) is 11.1. The van der Waals surface area contributed by atoms with Crippen LogP contribution in [-0.2, 0) is 4.79 Å². The molecule has 0 bridgehead atoms. The number of carbonyl (C=O) groups excluding carboxylic acids is 1. The predicted octanol–water partition coefficient (Wildman–Crippen LogP) is 4.86. The fourth-order valence-corrected chi connectivity index (χ4v) is 4.51. The van der Waals surface area contributed by atoms with Gasteiger partial charge in [-0.15, -0.1) is 0 Å². The number of carbonyl (C=O) groups is 1. The van der Waals surface area contributed by atoms with Gasteiger partial charge in [-0.1, -0.05) is 11.2 Å². The Hall–Kier alpha value is -3.15. The Kier molecular flexibility index (Phi) is 5.22. The van der Waals surface area contributed by atoms with Gasteiger partial charge in [0, 0.05) is 43.0 Å². The van der Waals surface area contributed by atoms with Gasteiger partial charge in [-0.2, -0.15) is 4.98 Å². The molecule has 2 fully saturated rings. The van der Waals surface area contributed by atoms with E-state index in [1.54, 1.807) is 0 Å². The fraction of sp³-hybridized carbons (Fsp3) is 0.400. The molecule has 0 radical (unpaired) electrons. The summed E-state index contributed by atoms with van der Waals surface area (Å²) >= 11 is 0. The number of piperidine rings is 1. The molecule has 1 aromatic heterocycles. The highest BCUT2D eigenvalue weighted by molar-refractivity contribution is 5.96. The second kappa shape index (κ2) is 8.17. The molecule has 2 aromatic carbocycles. The van der Waals surface area contributed by atoms with Gasteiger partial charge in [0.1, 0.15) is 0 Å². The van der Waals surface area contributed by atoms with E-state index in [0.717, 1.165) is 24.3 Å². The molecule has 6 heteroatoms. The van der Waals surface area contributed by atoms with Crippen LogP contribution in [0.2, 0.25) is 0 Å². The Balaban J connectivity index is 1.30. The average molecular weight is 417 g/mol. The Labute approximate surface area is 182 Å². The second-order valence-corrected chi connectivity index (χ2v) is 8.72. The lowest BCUT2D eigenvalue weighted by Gasteiger charge is -2.28. The summed E-state index contributed by atoms with van der Waals surface area (Å²) in [7, 11) is 0. The molecule has 0 N–H and O–H groups in total. The van der Waals surface area contributed by atoms with Crippen LogP contribution in [0.4, 0.5) is 11.4 Å². The summed E-state index contributed by atoms with van der Waals surface area (Å²) in [6, 6.07) is 14.5. The number of benzene rings is 2. The van der Waals surface area contributed by atoms with Gasteiger partial charge >= 0.3 is 0 Å². The van der Waals surface area contributed by atoms with Crippen LogP contribution >= 0.6 is 0 Å². The minimum Gasteiger partial charge on any atom is -0.372 e. The van der Waals surface area contributed by atoms with Crippen molar-refractivity contribution in [3.8, 4) is 11.4 Å². The molecule has 1 amide bonds. The summed E-state index contributed by atoms with van der Waals surface area (Å²) in [5.41, 5.74) is 5.52. The molecule has 0 aliphatic carbocycles. The first kappa shape index (κ1) is 19.8. The highest BCUT2D eigenvalue weighted by atomic mass is 16.5. The Bertz CT molecular complexity index is 1080. The van der Waals surface area contributed by atoms with Gasteiger partial charge in [0.15, 0.2) is 0 Å². The molecule has 5 rings (SSSR count). The monoisotopic (exact) mass is 416 g/mol. The summed E-state index contributed by atoms with van der Waals surface area (Å²) in [6.07, 6.45) is 4.23. The maximum atomic E-state index is 12.7. The van der Waals surface area contributed by atoms with Crippen molar-refractivity contribution in [2.75, 3.05) is 29.4 Å². The van der Waals surface area contributed by atoms with E-state index in [-0.39, 0.29) is 11.8 Å². The maximum absolute atomic E-state index is 12.7. The van der Waals surface area contributed by atoms with Gasteiger partial charge < -0.3 is 14.3 Å². The van der Waals surface area contributed by atoms with Gasteiger partial charge in [0.2, 0.25) is 17.6 Å². The minimum absolute atomic E-state index is 0.0806. The molecule has 0 spiro atoms. The highest BCUT2D eigenvalue weighted by Gasteiger charge is 2.35. The van der Waals surface area contributed by atoms with Gasteiger partial charge in [-0.3, -0.25) is 4.79 Å². The average Bonchev–Trinajstić information content (AvgIpc) is 3.44. The van der Waals surface area contributed by atoms with Gasteiger partial charge in [-0.25, -0.2) is 0 Å². The molecule has 2 saturated heterocycles. The van der Waals surface area contributed by atoms with Crippen LogP contribution in [-0.4, -0.2) is 35.7 Å². The Morgan fingerprint density at radius 1 is 0.935 bits per heavy atom. The number of amides is 1. The third-order valence-corrected chi connectivity index (χ3v) is 6.56. The molecule has 2 aliphatic heterocycles. The van der Waals surface area contributed by atoms with Crippen molar-refractivity contribution >= 4 is 17.3 Å². The molecule has 0 saturated carbocycles. The van der Waals surface area contributed by atoms with Crippen molar-refractivity contribution in [3.63, 3.8) is 0 Å². The van der Waals surface area contributed by atoms with E-state index in [4.69, 9.17) is 4.52 Å². The summed E-state index contributed by atoms with van der Waals surface area (Å²) in [4.78, 5) is 21.5.